The van der Waals surface area contributed by atoms with Crippen molar-refractivity contribution in [2.45, 2.75) is 90.9 Å². The van der Waals surface area contributed by atoms with Crippen molar-refractivity contribution in [1.29, 1.82) is 0 Å². The summed E-state index contributed by atoms with van der Waals surface area (Å²) in [5.41, 5.74) is 2.68. The number of imide groups is 1. The molecular weight excluding hydrogens is 508 g/mol. The number of ether oxygens (including phenoxy) is 1. The van der Waals surface area contributed by atoms with E-state index >= 15 is 0 Å². The molecule has 5 nitrogen and oxygen atoms in total. The van der Waals surface area contributed by atoms with Gasteiger partial charge in [0.1, 0.15) is 5.75 Å². The molecule has 41 heavy (non-hydrogen) atoms. The third-order valence-corrected chi connectivity index (χ3v) is 7.90. The highest BCUT2D eigenvalue weighted by Crippen LogP contribution is 2.25. The highest BCUT2D eigenvalue weighted by molar-refractivity contribution is 6.11. The van der Waals surface area contributed by atoms with Crippen molar-refractivity contribution in [3.05, 3.63) is 89.1 Å². The number of carbonyl (C=O) groups excluding carboxylic acids is 2. The molecule has 0 N–H and O–H groups in total. The number of hydrogen-bond acceptors (Lipinski definition) is 4. The Labute approximate surface area is 248 Å². The van der Waals surface area contributed by atoms with Crippen LogP contribution in [0.25, 0.3) is 0 Å². The molecule has 0 aliphatic carbocycles. The Morgan fingerprint density at radius 1 is 0.805 bits per heavy atom. The van der Waals surface area contributed by atoms with Crippen LogP contribution in [-0.4, -0.2) is 48.4 Å². The molecule has 2 aromatic rings. The molecule has 1 aliphatic rings. The van der Waals surface area contributed by atoms with Gasteiger partial charge in [0.05, 0.1) is 13.2 Å². The number of likely N-dealkylation sites (N-methyl/N-ethyl adjacent to an activating group) is 1. The van der Waals surface area contributed by atoms with Crippen LogP contribution in [0.4, 0.5) is 0 Å². The highest BCUT2D eigenvalue weighted by Gasteiger charge is 2.28. The number of nitrogens with zero attached hydrogens (tertiary/aromatic N) is 2. The van der Waals surface area contributed by atoms with Crippen LogP contribution in [0.1, 0.15) is 110 Å². The van der Waals surface area contributed by atoms with Crippen LogP contribution >= 0.6 is 0 Å². The average molecular weight is 559 g/mol. The Balaban J connectivity index is 1.53. The Kier molecular flexibility index (Phi) is 14.3. The molecule has 222 valence electrons. The molecule has 0 bridgehead atoms. The normalized spacial score (nSPS) is 12.8. The lowest BCUT2D eigenvalue weighted by Crippen LogP contribution is -2.41. The standard InChI is InChI=1S/C36H50N2O3/c1-4-5-6-7-8-9-10-11-12-13-14-20-28-41-34-26-21-25-33(30(34)2)36(40)38(29-32-24-18-19-27-37(32)3)35(39)31-22-16-15-17-23-31/h15-19,21-26H,4-14,20,27-29H2,1-3H3. The van der Waals surface area contributed by atoms with E-state index in [9.17, 15) is 9.59 Å². The fraction of sp³-hybridized carbons (Fsp3) is 0.500. The second kappa shape index (κ2) is 18.2. The summed E-state index contributed by atoms with van der Waals surface area (Å²) in [6.07, 6.45) is 21.6. The first kappa shape index (κ1) is 32.2. The molecule has 0 fully saturated rings. The van der Waals surface area contributed by atoms with E-state index in [1.807, 2.05) is 56.5 Å². The van der Waals surface area contributed by atoms with Gasteiger partial charge in [-0.05, 0) is 43.7 Å². The van der Waals surface area contributed by atoms with E-state index < -0.39 is 0 Å². The lowest BCUT2D eigenvalue weighted by molar-refractivity contribution is 0.0620. The van der Waals surface area contributed by atoms with Crippen LogP contribution in [0.5, 0.6) is 5.75 Å². The summed E-state index contributed by atoms with van der Waals surface area (Å²) in [4.78, 5) is 30.9. The van der Waals surface area contributed by atoms with E-state index in [1.165, 1.54) is 69.1 Å². The zero-order valence-corrected chi connectivity index (χ0v) is 25.6. The van der Waals surface area contributed by atoms with E-state index in [1.54, 1.807) is 18.2 Å². The van der Waals surface area contributed by atoms with Crippen LogP contribution in [0.2, 0.25) is 0 Å². The fourth-order valence-electron chi connectivity index (χ4n) is 5.22. The first-order chi connectivity index (χ1) is 20.0. The second-order valence-corrected chi connectivity index (χ2v) is 11.2. The van der Waals surface area contributed by atoms with Crippen LogP contribution in [0.3, 0.4) is 0 Å². The topological polar surface area (TPSA) is 49.9 Å². The number of unbranched alkanes of at least 4 members (excludes halogenated alkanes) is 11. The smallest absolute Gasteiger partial charge is 0.261 e. The highest BCUT2D eigenvalue weighted by atomic mass is 16.5. The molecule has 0 saturated heterocycles. The largest absolute Gasteiger partial charge is 0.493 e. The van der Waals surface area contributed by atoms with Crippen molar-refractivity contribution in [2.75, 3.05) is 26.7 Å². The van der Waals surface area contributed by atoms with Crippen molar-refractivity contribution in [2.24, 2.45) is 0 Å². The van der Waals surface area contributed by atoms with Crippen molar-refractivity contribution in [1.82, 2.24) is 9.80 Å². The molecule has 0 saturated carbocycles. The van der Waals surface area contributed by atoms with Gasteiger partial charge in [-0.3, -0.25) is 14.5 Å². The minimum atomic E-state index is -0.309. The predicted molar refractivity (Wildman–Crippen MR) is 169 cm³/mol. The molecule has 0 radical (unpaired) electrons. The van der Waals surface area contributed by atoms with Crippen molar-refractivity contribution in [3.63, 3.8) is 0 Å². The van der Waals surface area contributed by atoms with Crippen molar-refractivity contribution < 1.29 is 14.3 Å². The van der Waals surface area contributed by atoms with Gasteiger partial charge in [0.2, 0.25) is 0 Å². The molecule has 1 heterocycles. The van der Waals surface area contributed by atoms with Crippen LogP contribution in [0.15, 0.2) is 72.5 Å². The number of amides is 2. The Morgan fingerprint density at radius 3 is 2.07 bits per heavy atom. The average Bonchev–Trinajstić information content (AvgIpc) is 2.99. The van der Waals surface area contributed by atoms with Gasteiger partial charge in [0.25, 0.3) is 11.8 Å². The molecule has 2 aromatic carbocycles. The zero-order valence-electron chi connectivity index (χ0n) is 25.6. The van der Waals surface area contributed by atoms with Crippen molar-refractivity contribution >= 4 is 11.8 Å². The summed E-state index contributed by atoms with van der Waals surface area (Å²) in [6.45, 7) is 5.76. The van der Waals surface area contributed by atoms with Gasteiger partial charge in [-0.1, -0.05) is 114 Å². The molecule has 1 aliphatic heterocycles. The second-order valence-electron chi connectivity index (χ2n) is 11.2. The van der Waals surface area contributed by atoms with Gasteiger partial charge >= 0.3 is 0 Å². The number of rotatable bonds is 18. The van der Waals surface area contributed by atoms with Gasteiger partial charge in [-0.15, -0.1) is 0 Å². The summed E-state index contributed by atoms with van der Waals surface area (Å²) in [6, 6.07) is 14.6. The number of allylic oxidation sites excluding steroid dienone is 2. The Morgan fingerprint density at radius 2 is 1.44 bits per heavy atom. The summed E-state index contributed by atoms with van der Waals surface area (Å²) in [5.74, 6) is 0.0978. The monoisotopic (exact) mass is 558 g/mol. The fourth-order valence-corrected chi connectivity index (χ4v) is 5.22. The van der Waals surface area contributed by atoms with E-state index in [4.69, 9.17) is 4.74 Å². The molecule has 3 rings (SSSR count). The maximum absolute atomic E-state index is 13.9. The molecular formula is C36H50N2O3. The maximum atomic E-state index is 13.9. The summed E-state index contributed by atoms with van der Waals surface area (Å²) in [5, 5.41) is 0. The molecule has 0 unspecified atom stereocenters. The molecule has 2 amide bonds. The first-order valence-electron chi connectivity index (χ1n) is 15.7. The minimum Gasteiger partial charge on any atom is -0.493 e. The summed E-state index contributed by atoms with van der Waals surface area (Å²) < 4.78 is 6.13. The molecule has 0 atom stereocenters. The minimum absolute atomic E-state index is 0.205. The third kappa shape index (κ3) is 10.5. The van der Waals surface area contributed by atoms with Gasteiger partial charge in [-0.25, -0.2) is 0 Å². The lowest BCUT2D eigenvalue weighted by Gasteiger charge is -2.29. The van der Waals surface area contributed by atoms with Gasteiger partial charge in [0, 0.05) is 36.0 Å². The van der Waals surface area contributed by atoms with Gasteiger partial charge in [0.15, 0.2) is 0 Å². The first-order valence-corrected chi connectivity index (χ1v) is 15.7. The van der Waals surface area contributed by atoms with E-state index in [0.29, 0.717) is 23.5 Å². The van der Waals surface area contributed by atoms with Gasteiger partial charge in [-0.2, -0.15) is 0 Å². The van der Waals surface area contributed by atoms with E-state index in [0.717, 1.165) is 30.6 Å². The third-order valence-electron chi connectivity index (χ3n) is 7.90. The maximum Gasteiger partial charge on any atom is 0.261 e. The van der Waals surface area contributed by atoms with Crippen molar-refractivity contribution in [3.8, 4) is 5.75 Å². The molecule has 0 aromatic heterocycles. The van der Waals surface area contributed by atoms with Crippen LogP contribution < -0.4 is 4.74 Å². The summed E-state index contributed by atoms with van der Waals surface area (Å²) >= 11 is 0. The molecule has 5 heteroatoms. The quantitative estimate of drug-likeness (QED) is 0.136. The van der Waals surface area contributed by atoms with Gasteiger partial charge < -0.3 is 9.64 Å². The predicted octanol–water partition coefficient (Wildman–Crippen LogP) is 8.74. The number of benzene rings is 2. The van der Waals surface area contributed by atoms with E-state index in [2.05, 4.69) is 17.9 Å². The van der Waals surface area contributed by atoms with Crippen LogP contribution in [0, 0.1) is 6.92 Å². The summed E-state index contributed by atoms with van der Waals surface area (Å²) in [7, 11) is 1.97. The Hall–Kier alpha value is -3.34. The number of hydrogen-bond donors (Lipinski definition) is 0. The SMILES string of the molecule is CCCCCCCCCCCCCCOc1cccc(C(=O)N(CC2=CC=CCN2C)C(=O)c2ccccc2)c1C. The van der Waals surface area contributed by atoms with E-state index in [-0.39, 0.29) is 18.4 Å². The zero-order chi connectivity index (χ0) is 29.3. The number of carbonyl (C=O) groups is 2. The molecule has 0 spiro atoms. The lowest BCUT2D eigenvalue weighted by atomic mass is 10.0. The van der Waals surface area contributed by atoms with Crippen LogP contribution in [-0.2, 0) is 0 Å². The Bertz CT molecular complexity index is 1140.